The lowest BCUT2D eigenvalue weighted by atomic mass is 10.1. The number of halogens is 2. The molecule has 1 saturated heterocycles. The van der Waals surface area contributed by atoms with Crippen LogP contribution in [0.3, 0.4) is 0 Å². The molecule has 0 saturated carbocycles. The largest absolute Gasteiger partial charge is 0.381 e. The Labute approximate surface area is 179 Å². The van der Waals surface area contributed by atoms with Crippen LogP contribution in [0, 0.1) is 5.92 Å². The number of hydrogen-bond acceptors (Lipinski definition) is 3. The molecule has 0 radical (unpaired) electrons. The molecule has 1 aliphatic rings. The highest BCUT2D eigenvalue weighted by molar-refractivity contribution is 14.0. The van der Waals surface area contributed by atoms with Crippen LogP contribution in [0.2, 0.25) is 5.02 Å². The number of benzene rings is 1. The second-order valence-electron chi connectivity index (χ2n) is 6.38. The molecule has 1 atom stereocenters. The van der Waals surface area contributed by atoms with Gasteiger partial charge in [0, 0.05) is 50.8 Å². The number of rotatable bonds is 9. The van der Waals surface area contributed by atoms with Crippen molar-refractivity contribution in [1.82, 2.24) is 10.2 Å². The Morgan fingerprint density at radius 3 is 3.00 bits per heavy atom. The maximum atomic E-state index is 6.06. The van der Waals surface area contributed by atoms with Crippen molar-refractivity contribution >= 4 is 41.5 Å². The van der Waals surface area contributed by atoms with Gasteiger partial charge in [0.05, 0.1) is 13.2 Å². The second-order valence-corrected chi connectivity index (χ2v) is 6.82. The van der Waals surface area contributed by atoms with Gasteiger partial charge in [-0.1, -0.05) is 23.7 Å². The van der Waals surface area contributed by atoms with Gasteiger partial charge in [0.2, 0.25) is 0 Å². The first-order chi connectivity index (χ1) is 12.2. The molecule has 1 aromatic carbocycles. The van der Waals surface area contributed by atoms with Gasteiger partial charge < -0.3 is 19.7 Å². The lowest BCUT2D eigenvalue weighted by molar-refractivity contribution is 0.0893. The minimum atomic E-state index is 0. The molecular formula is C19H31ClIN3O2. The molecule has 0 aliphatic carbocycles. The van der Waals surface area contributed by atoms with Gasteiger partial charge >= 0.3 is 0 Å². The van der Waals surface area contributed by atoms with E-state index < -0.39 is 0 Å². The molecule has 7 heteroatoms. The van der Waals surface area contributed by atoms with Gasteiger partial charge in [-0.05, 0) is 37.5 Å². The van der Waals surface area contributed by atoms with Crippen molar-refractivity contribution in [3.63, 3.8) is 0 Å². The van der Waals surface area contributed by atoms with Crippen LogP contribution in [-0.2, 0) is 16.0 Å². The molecule has 0 aromatic heterocycles. The Morgan fingerprint density at radius 2 is 2.31 bits per heavy atom. The van der Waals surface area contributed by atoms with Crippen molar-refractivity contribution in [2.45, 2.75) is 26.3 Å². The number of hydrogen-bond donors (Lipinski definition) is 1. The van der Waals surface area contributed by atoms with Gasteiger partial charge in [0.1, 0.15) is 0 Å². The number of nitrogens with zero attached hydrogens (tertiary/aromatic N) is 2. The van der Waals surface area contributed by atoms with E-state index in [0.29, 0.717) is 5.92 Å². The van der Waals surface area contributed by atoms with E-state index in [0.717, 1.165) is 69.9 Å². The minimum absolute atomic E-state index is 0. The first kappa shape index (κ1) is 23.5. The van der Waals surface area contributed by atoms with Crippen molar-refractivity contribution in [2.24, 2.45) is 10.9 Å². The molecule has 1 aromatic rings. The molecule has 26 heavy (non-hydrogen) atoms. The van der Waals surface area contributed by atoms with Gasteiger partial charge in [-0.25, -0.2) is 0 Å². The SMILES string of the molecule is CCNC(=NCCCOCC1CCOC1)N(C)Cc1cccc(Cl)c1.I. The summed E-state index contributed by atoms with van der Waals surface area (Å²) in [4.78, 5) is 6.81. The fourth-order valence-electron chi connectivity index (χ4n) is 2.77. The van der Waals surface area contributed by atoms with Crippen molar-refractivity contribution in [3.05, 3.63) is 34.9 Å². The van der Waals surface area contributed by atoms with E-state index in [4.69, 9.17) is 26.1 Å². The fraction of sp³-hybridized carbons (Fsp3) is 0.632. The summed E-state index contributed by atoms with van der Waals surface area (Å²) in [6.45, 7) is 7.72. The summed E-state index contributed by atoms with van der Waals surface area (Å²) >= 11 is 6.06. The average molecular weight is 496 g/mol. The highest BCUT2D eigenvalue weighted by Crippen LogP contribution is 2.13. The summed E-state index contributed by atoms with van der Waals surface area (Å²) in [5, 5.41) is 4.10. The Bertz CT molecular complexity index is 539. The number of nitrogens with one attached hydrogen (secondary N) is 1. The topological polar surface area (TPSA) is 46.1 Å². The third-order valence-electron chi connectivity index (χ3n) is 4.09. The van der Waals surface area contributed by atoms with Crippen LogP contribution in [-0.4, -0.2) is 57.4 Å². The van der Waals surface area contributed by atoms with Crippen LogP contribution in [0.15, 0.2) is 29.3 Å². The standard InChI is InChI=1S/C19H30ClN3O2.HI/c1-3-21-19(23(2)13-16-6-4-7-18(20)12-16)22-9-5-10-24-14-17-8-11-25-15-17;/h4,6-7,12,17H,3,5,8-11,13-15H2,1-2H3,(H,21,22);1H. The van der Waals surface area contributed by atoms with Gasteiger partial charge in [0.25, 0.3) is 0 Å². The van der Waals surface area contributed by atoms with Gasteiger partial charge in [0.15, 0.2) is 5.96 Å². The zero-order valence-electron chi connectivity index (χ0n) is 15.7. The van der Waals surface area contributed by atoms with Gasteiger partial charge in [-0.2, -0.15) is 0 Å². The molecule has 1 unspecified atom stereocenters. The summed E-state index contributed by atoms with van der Waals surface area (Å²) in [5.41, 5.74) is 1.17. The Kier molecular flexibility index (Phi) is 12.3. The van der Waals surface area contributed by atoms with E-state index in [1.165, 1.54) is 5.56 Å². The summed E-state index contributed by atoms with van der Waals surface area (Å²) in [7, 11) is 2.04. The van der Waals surface area contributed by atoms with Crippen molar-refractivity contribution in [1.29, 1.82) is 0 Å². The monoisotopic (exact) mass is 495 g/mol. The highest BCUT2D eigenvalue weighted by Gasteiger charge is 2.15. The lowest BCUT2D eigenvalue weighted by Gasteiger charge is -2.22. The smallest absolute Gasteiger partial charge is 0.193 e. The molecule has 0 spiro atoms. The maximum absolute atomic E-state index is 6.06. The van der Waals surface area contributed by atoms with Crippen LogP contribution in [0.5, 0.6) is 0 Å². The van der Waals surface area contributed by atoms with Gasteiger partial charge in [-0.15, -0.1) is 24.0 Å². The van der Waals surface area contributed by atoms with E-state index >= 15 is 0 Å². The summed E-state index contributed by atoms with van der Waals surface area (Å²) in [6, 6.07) is 7.93. The fourth-order valence-corrected chi connectivity index (χ4v) is 2.98. The predicted molar refractivity (Wildman–Crippen MR) is 119 cm³/mol. The molecule has 1 fully saturated rings. The first-order valence-electron chi connectivity index (χ1n) is 9.08. The number of aliphatic imine (C=N–C) groups is 1. The van der Waals surface area contributed by atoms with Gasteiger partial charge in [-0.3, -0.25) is 4.99 Å². The lowest BCUT2D eigenvalue weighted by Crippen LogP contribution is -2.38. The van der Waals surface area contributed by atoms with Crippen LogP contribution < -0.4 is 5.32 Å². The predicted octanol–water partition coefficient (Wildman–Crippen LogP) is 3.80. The highest BCUT2D eigenvalue weighted by atomic mass is 127. The normalized spacial score (nSPS) is 17.0. The molecule has 148 valence electrons. The molecule has 2 rings (SSSR count). The summed E-state index contributed by atoms with van der Waals surface area (Å²) in [6.07, 6.45) is 2.05. The third-order valence-corrected chi connectivity index (χ3v) is 4.33. The van der Waals surface area contributed by atoms with E-state index in [1.54, 1.807) is 0 Å². The minimum Gasteiger partial charge on any atom is -0.381 e. The summed E-state index contributed by atoms with van der Waals surface area (Å²) in [5.74, 6) is 1.48. The van der Waals surface area contributed by atoms with Crippen LogP contribution in [0.1, 0.15) is 25.3 Å². The van der Waals surface area contributed by atoms with Crippen molar-refractivity contribution in [3.8, 4) is 0 Å². The maximum Gasteiger partial charge on any atom is 0.193 e. The van der Waals surface area contributed by atoms with Crippen molar-refractivity contribution < 1.29 is 9.47 Å². The third kappa shape index (κ3) is 8.88. The first-order valence-corrected chi connectivity index (χ1v) is 9.46. The van der Waals surface area contributed by atoms with E-state index in [9.17, 15) is 0 Å². The Balaban J connectivity index is 0.00000338. The quantitative estimate of drug-likeness (QED) is 0.245. The van der Waals surface area contributed by atoms with Crippen molar-refractivity contribution in [2.75, 3.05) is 46.6 Å². The Morgan fingerprint density at radius 1 is 1.46 bits per heavy atom. The molecule has 1 heterocycles. The average Bonchev–Trinajstić information content (AvgIpc) is 3.10. The van der Waals surface area contributed by atoms with Crippen LogP contribution >= 0.6 is 35.6 Å². The number of ether oxygens (including phenoxy) is 2. The zero-order chi connectivity index (χ0) is 17.9. The molecule has 1 aliphatic heterocycles. The molecular weight excluding hydrogens is 465 g/mol. The molecule has 1 N–H and O–H groups in total. The zero-order valence-corrected chi connectivity index (χ0v) is 18.8. The van der Waals surface area contributed by atoms with E-state index in [1.807, 2.05) is 25.2 Å². The molecule has 0 amide bonds. The van der Waals surface area contributed by atoms with Crippen LogP contribution in [0.4, 0.5) is 0 Å². The second kappa shape index (κ2) is 13.6. The Hall–Kier alpha value is -0.570. The molecule has 5 nitrogen and oxygen atoms in total. The van der Waals surface area contributed by atoms with E-state index in [-0.39, 0.29) is 24.0 Å². The summed E-state index contributed by atoms with van der Waals surface area (Å²) < 4.78 is 11.1. The van der Waals surface area contributed by atoms with E-state index in [2.05, 4.69) is 23.2 Å². The van der Waals surface area contributed by atoms with Crippen LogP contribution in [0.25, 0.3) is 0 Å². The molecule has 0 bridgehead atoms. The number of guanidine groups is 1.